The molecular formula is C20H21N3O. The van der Waals surface area contributed by atoms with Crippen LogP contribution in [0.1, 0.15) is 34.0 Å². The summed E-state index contributed by atoms with van der Waals surface area (Å²) in [5.74, 6) is -0.0433. The second kappa shape index (κ2) is 7.59. The first-order chi connectivity index (χ1) is 11.7. The third kappa shape index (κ3) is 4.10. The maximum atomic E-state index is 12.2. The number of rotatable bonds is 6. The van der Waals surface area contributed by atoms with Crippen LogP contribution >= 0.6 is 0 Å². The fraction of sp³-hybridized carbons (Fsp3) is 0.200. The Morgan fingerprint density at radius 2 is 1.67 bits per heavy atom. The molecule has 0 aliphatic rings. The first-order valence-electron chi connectivity index (χ1n) is 8.17. The summed E-state index contributed by atoms with van der Waals surface area (Å²) in [6, 6.07) is 17.9. The van der Waals surface area contributed by atoms with Crippen LogP contribution in [0.2, 0.25) is 0 Å². The van der Waals surface area contributed by atoms with Crippen molar-refractivity contribution in [1.82, 2.24) is 15.1 Å². The van der Waals surface area contributed by atoms with Crippen LogP contribution < -0.4 is 5.32 Å². The molecule has 0 fully saturated rings. The highest BCUT2D eigenvalue weighted by Crippen LogP contribution is 2.08. The average Bonchev–Trinajstić information content (AvgIpc) is 3.14. The number of aromatic nitrogens is 2. The largest absolute Gasteiger partial charge is 0.348 e. The Balaban J connectivity index is 1.54. The second-order valence-corrected chi connectivity index (χ2v) is 5.75. The fourth-order valence-electron chi connectivity index (χ4n) is 2.52. The standard InChI is InChI=1S/C20H21N3O/c1-2-16-8-10-19(11-9-16)20(24)21-14-17-4-6-18(7-5-17)15-23-13-3-12-22-23/h3-13H,2,14-15H2,1H3,(H,21,24). The fourth-order valence-corrected chi connectivity index (χ4v) is 2.52. The molecule has 122 valence electrons. The summed E-state index contributed by atoms with van der Waals surface area (Å²) in [7, 11) is 0. The molecule has 0 unspecified atom stereocenters. The molecule has 1 heterocycles. The second-order valence-electron chi connectivity index (χ2n) is 5.75. The SMILES string of the molecule is CCc1ccc(C(=O)NCc2ccc(Cn3cccn3)cc2)cc1. The molecule has 1 N–H and O–H groups in total. The van der Waals surface area contributed by atoms with Crippen molar-refractivity contribution < 1.29 is 4.79 Å². The van der Waals surface area contributed by atoms with E-state index in [9.17, 15) is 4.79 Å². The van der Waals surface area contributed by atoms with Crippen LogP contribution in [0.15, 0.2) is 67.0 Å². The molecule has 0 aliphatic carbocycles. The van der Waals surface area contributed by atoms with Crippen LogP contribution in [0.4, 0.5) is 0 Å². The van der Waals surface area contributed by atoms with Gasteiger partial charge in [0.15, 0.2) is 0 Å². The van der Waals surface area contributed by atoms with E-state index >= 15 is 0 Å². The lowest BCUT2D eigenvalue weighted by molar-refractivity contribution is 0.0951. The summed E-state index contributed by atoms with van der Waals surface area (Å²) in [5.41, 5.74) is 4.20. The Kier molecular flexibility index (Phi) is 5.06. The van der Waals surface area contributed by atoms with Crippen molar-refractivity contribution in [2.75, 3.05) is 0 Å². The number of nitrogens with one attached hydrogen (secondary N) is 1. The zero-order valence-corrected chi connectivity index (χ0v) is 13.8. The first-order valence-corrected chi connectivity index (χ1v) is 8.17. The Morgan fingerprint density at radius 3 is 2.29 bits per heavy atom. The minimum Gasteiger partial charge on any atom is -0.348 e. The molecular weight excluding hydrogens is 298 g/mol. The number of hydrogen-bond donors (Lipinski definition) is 1. The predicted molar refractivity (Wildman–Crippen MR) is 94.8 cm³/mol. The van der Waals surface area contributed by atoms with Crippen LogP contribution in [0, 0.1) is 0 Å². The van der Waals surface area contributed by atoms with E-state index < -0.39 is 0 Å². The number of benzene rings is 2. The number of nitrogens with zero attached hydrogens (tertiary/aromatic N) is 2. The number of aryl methyl sites for hydroxylation is 1. The van der Waals surface area contributed by atoms with Crippen molar-refractivity contribution in [3.05, 3.63) is 89.2 Å². The molecule has 3 rings (SSSR count). The summed E-state index contributed by atoms with van der Waals surface area (Å²) in [6.45, 7) is 3.38. The van der Waals surface area contributed by atoms with Gasteiger partial charge in [0, 0.05) is 24.5 Å². The van der Waals surface area contributed by atoms with Gasteiger partial charge >= 0.3 is 0 Å². The van der Waals surface area contributed by atoms with Gasteiger partial charge in [-0.3, -0.25) is 9.48 Å². The average molecular weight is 319 g/mol. The monoisotopic (exact) mass is 319 g/mol. The smallest absolute Gasteiger partial charge is 0.251 e. The van der Waals surface area contributed by atoms with E-state index in [2.05, 4.69) is 29.5 Å². The molecule has 0 spiro atoms. The van der Waals surface area contributed by atoms with Gasteiger partial charge in [-0.2, -0.15) is 5.10 Å². The number of amides is 1. The molecule has 1 aromatic heterocycles. The Labute approximate surface area is 142 Å². The molecule has 2 aromatic carbocycles. The van der Waals surface area contributed by atoms with Crippen LogP contribution in [0.5, 0.6) is 0 Å². The van der Waals surface area contributed by atoms with E-state index in [-0.39, 0.29) is 5.91 Å². The maximum absolute atomic E-state index is 12.2. The van der Waals surface area contributed by atoms with Gasteiger partial charge in [0.2, 0.25) is 0 Å². The molecule has 3 aromatic rings. The summed E-state index contributed by atoms with van der Waals surface area (Å²) < 4.78 is 1.89. The molecule has 0 aliphatic heterocycles. The van der Waals surface area contributed by atoms with Crippen molar-refractivity contribution in [3.8, 4) is 0 Å². The van der Waals surface area contributed by atoms with E-state index in [1.54, 1.807) is 6.20 Å². The van der Waals surface area contributed by atoms with E-state index in [0.29, 0.717) is 12.1 Å². The van der Waals surface area contributed by atoms with Gasteiger partial charge in [0.05, 0.1) is 6.54 Å². The third-order valence-electron chi connectivity index (χ3n) is 4.00. The lowest BCUT2D eigenvalue weighted by Gasteiger charge is -2.07. The van der Waals surface area contributed by atoms with Crippen LogP contribution in [-0.4, -0.2) is 15.7 Å². The van der Waals surface area contributed by atoms with Gasteiger partial charge < -0.3 is 5.32 Å². The predicted octanol–water partition coefficient (Wildman–Crippen LogP) is 3.42. The van der Waals surface area contributed by atoms with E-state index in [4.69, 9.17) is 0 Å². The van der Waals surface area contributed by atoms with Gasteiger partial charge in [0.1, 0.15) is 0 Å². The van der Waals surface area contributed by atoms with Crippen molar-refractivity contribution >= 4 is 5.91 Å². The topological polar surface area (TPSA) is 46.9 Å². The lowest BCUT2D eigenvalue weighted by Crippen LogP contribution is -2.22. The van der Waals surface area contributed by atoms with Gasteiger partial charge in [-0.05, 0) is 41.3 Å². The van der Waals surface area contributed by atoms with Crippen molar-refractivity contribution in [1.29, 1.82) is 0 Å². The van der Waals surface area contributed by atoms with Crippen molar-refractivity contribution in [2.45, 2.75) is 26.4 Å². The number of hydrogen-bond acceptors (Lipinski definition) is 2. The molecule has 0 saturated carbocycles. The Morgan fingerprint density at radius 1 is 1.00 bits per heavy atom. The quantitative estimate of drug-likeness (QED) is 0.757. The highest BCUT2D eigenvalue weighted by Gasteiger charge is 2.05. The van der Waals surface area contributed by atoms with Gasteiger partial charge in [-0.25, -0.2) is 0 Å². The van der Waals surface area contributed by atoms with E-state index in [1.165, 1.54) is 11.1 Å². The third-order valence-corrected chi connectivity index (χ3v) is 4.00. The Hall–Kier alpha value is -2.88. The summed E-state index contributed by atoms with van der Waals surface area (Å²) in [6.07, 6.45) is 4.70. The highest BCUT2D eigenvalue weighted by molar-refractivity contribution is 5.94. The van der Waals surface area contributed by atoms with Crippen LogP contribution in [0.3, 0.4) is 0 Å². The normalized spacial score (nSPS) is 10.5. The molecule has 0 atom stereocenters. The van der Waals surface area contributed by atoms with Crippen molar-refractivity contribution in [2.24, 2.45) is 0 Å². The minimum absolute atomic E-state index is 0.0433. The van der Waals surface area contributed by atoms with Gasteiger partial charge in [-0.15, -0.1) is 0 Å². The van der Waals surface area contributed by atoms with Gasteiger partial charge in [0.25, 0.3) is 5.91 Å². The van der Waals surface area contributed by atoms with E-state index in [0.717, 1.165) is 18.5 Å². The molecule has 4 heteroatoms. The summed E-state index contributed by atoms with van der Waals surface area (Å²) in [5, 5.41) is 7.16. The maximum Gasteiger partial charge on any atom is 0.251 e. The number of carbonyl (C=O) groups excluding carboxylic acids is 1. The zero-order chi connectivity index (χ0) is 16.8. The molecule has 0 bridgehead atoms. The van der Waals surface area contributed by atoms with Gasteiger partial charge in [-0.1, -0.05) is 43.3 Å². The number of carbonyl (C=O) groups is 1. The van der Waals surface area contributed by atoms with Crippen molar-refractivity contribution in [3.63, 3.8) is 0 Å². The zero-order valence-electron chi connectivity index (χ0n) is 13.8. The van der Waals surface area contributed by atoms with Crippen LogP contribution in [0.25, 0.3) is 0 Å². The Bertz CT molecular complexity index is 775. The molecule has 0 radical (unpaired) electrons. The highest BCUT2D eigenvalue weighted by atomic mass is 16.1. The summed E-state index contributed by atoms with van der Waals surface area (Å²) in [4.78, 5) is 12.2. The molecule has 0 saturated heterocycles. The summed E-state index contributed by atoms with van der Waals surface area (Å²) >= 11 is 0. The van der Waals surface area contributed by atoms with Crippen LogP contribution in [-0.2, 0) is 19.5 Å². The molecule has 24 heavy (non-hydrogen) atoms. The van der Waals surface area contributed by atoms with E-state index in [1.807, 2.05) is 53.3 Å². The minimum atomic E-state index is -0.0433. The first kappa shape index (κ1) is 16.0. The lowest BCUT2D eigenvalue weighted by atomic mass is 10.1. The molecule has 1 amide bonds. The molecule has 4 nitrogen and oxygen atoms in total.